The zero-order valence-electron chi connectivity index (χ0n) is 13.4. The molecule has 0 aliphatic heterocycles. The summed E-state index contributed by atoms with van der Waals surface area (Å²) in [6.45, 7) is 6.91. The monoisotopic (exact) mass is 297 g/mol. The van der Waals surface area contributed by atoms with E-state index in [0.717, 1.165) is 29.8 Å². The Morgan fingerprint density at radius 3 is 2.77 bits per heavy atom. The number of rotatable bonds is 6. The fraction of sp³-hybridized carbons (Fsp3) is 0.333. The summed E-state index contributed by atoms with van der Waals surface area (Å²) in [5.74, 6) is -0.0782. The van der Waals surface area contributed by atoms with Gasteiger partial charge < -0.3 is 10.6 Å². The van der Waals surface area contributed by atoms with Crippen LogP contribution in [-0.4, -0.2) is 17.4 Å². The van der Waals surface area contributed by atoms with Gasteiger partial charge in [-0.25, -0.2) is 0 Å². The van der Waals surface area contributed by atoms with E-state index >= 15 is 0 Å². The van der Waals surface area contributed by atoms with Crippen LogP contribution in [0.4, 0.5) is 11.4 Å². The van der Waals surface area contributed by atoms with E-state index in [0.29, 0.717) is 12.1 Å². The molecule has 1 heterocycles. The van der Waals surface area contributed by atoms with E-state index in [9.17, 15) is 4.79 Å². The number of hydrogen-bond acceptors (Lipinski definition) is 3. The molecule has 116 valence electrons. The summed E-state index contributed by atoms with van der Waals surface area (Å²) < 4.78 is 0. The first-order valence-electron chi connectivity index (χ1n) is 7.67. The standard InChI is InChI=1S/C18H23N3O/c1-4-5-8-20-18(22)15-10-16(12-19-11-15)21-17-9-13(2)6-7-14(17)3/h6-7,9-12,21H,4-5,8H2,1-3H3,(H,20,22). The Morgan fingerprint density at radius 1 is 1.18 bits per heavy atom. The van der Waals surface area contributed by atoms with Gasteiger partial charge >= 0.3 is 0 Å². The number of benzene rings is 1. The third-order valence-corrected chi connectivity index (χ3v) is 3.49. The van der Waals surface area contributed by atoms with E-state index in [1.807, 2.05) is 6.07 Å². The summed E-state index contributed by atoms with van der Waals surface area (Å²) in [6, 6.07) is 8.07. The molecule has 0 radical (unpaired) electrons. The van der Waals surface area contributed by atoms with Crippen LogP contribution in [0.5, 0.6) is 0 Å². The molecule has 0 saturated carbocycles. The van der Waals surface area contributed by atoms with Gasteiger partial charge in [0.2, 0.25) is 0 Å². The molecule has 22 heavy (non-hydrogen) atoms. The fourth-order valence-electron chi connectivity index (χ4n) is 2.14. The lowest BCUT2D eigenvalue weighted by atomic mass is 10.1. The predicted octanol–water partition coefficient (Wildman–Crippen LogP) is 3.97. The zero-order chi connectivity index (χ0) is 15.9. The summed E-state index contributed by atoms with van der Waals surface area (Å²) in [5, 5.41) is 6.24. The molecule has 2 N–H and O–H groups in total. The Morgan fingerprint density at radius 2 is 2.00 bits per heavy atom. The Hall–Kier alpha value is -2.36. The number of unbranched alkanes of at least 4 members (excludes halogenated alkanes) is 1. The summed E-state index contributed by atoms with van der Waals surface area (Å²) in [7, 11) is 0. The van der Waals surface area contributed by atoms with Crippen LogP contribution in [0.15, 0.2) is 36.7 Å². The van der Waals surface area contributed by atoms with Gasteiger partial charge in [-0.15, -0.1) is 0 Å². The van der Waals surface area contributed by atoms with Crippen molar-refractivity contribution in [3.63, 3.8) is 0 Å². The highest BCUT2D eigenvalue weighted by molar-refractivity contribution is 5.94. The van der Waals surface area contributed by atoms with Crippen LogP contribution in [0.25, 0.3) is 0 Å². The Kier molecular flexibility index (Phi) is 5.53. The van der Waals surface area contributed by atoms with Crippen LogP contribution in [0.2, 0.25) is 0 Å². The third-order valence-electron chi connectivity index (χ3n) is 3.49. The zero-order valence-corrected chi connectivity index (χ0v) is 13.4. The van der Waals surface area contributed by atoms with Gasteiger partial charge in [-0.2, -0.15) is 0 Å². The van der Waals surface area contributed by atoms with Gasteiger partial charge in [-0.1, -0.05) is 25.5 Å². The maximum atomic E-state index is 12.1. The van der Waals surface area contributed by atoms with E-state index in [1.54, 1.807) is 12.4 Å². The Bertz CT molecular complexity index is 653. The Labute approximate surface area is 132 Å². The smallest absolute Gasteiger partial charge is 0.252 e. The average molecular weight is 297 g/mol. The lowest BCUT2D eigenvalue weighted by molar-refractivity contribution is 0.0953. The molecular weight excluding hydrogens is 274 g/mol. The maximum Gasteiger partial charge on any atom is 0.252 e. The number of nitrogens with one attached hydrogen (secondary N) is 2. The maximum absolute atomic E-state index is 12.1. The van der Waals surface area contributed by atoms with Crippen LogP contribution >= 0.6 is 0 Å². The molecule has 1 aromatic heterocycles. The average Bonchev–Trinajstić information content (AvgIpc) is 2.51. The molecule has 4 nitrogen and oxygen atoms in total. The van der Waals surface area contributed by atoms with Crippen molar-refractivity contribution in [1.29, 1.82) is 0 Å². The molecule has 2 aromatic rings. The minimum Gasteiger partial charge on any atom is -0.354 e. The number of pyridine rings is 1. The molecule has 0 saturated heterocycles. The predicted molar refractivity (Wildman–Crippen MR) is 90.7 cm³/mol. The van der Waals surface area contributed by atoms with Gasteiger partial charge in [0.15, 0.2) is 0 Å². The fourth-order valence-corrected chi connectivity index (χ4v) is 2.14. The van der Waals surface area contributed by atoms with Crippen LogP contribution < -0.4 is 10.6 Å². The normalized spacial score (nSPS) is 10.3. The number of carbonyl (C=O) groups excluding carboxylic acids is 1. The van der Waals surface area contributed by atoms with Crippen molar-refractivity contribution >= 4 is 17.3 Å². The van der Waals surface area contributed by atoms with E-state index in [-0.39, 0.29) is 5.91 Å². The molecule has 0 unspecified atom stereocenters. The minimum absolute atomic E-state index is 0.0782. The third kappa shape index (κ3) is 4.32. The first kappa shape index (κ1) is 16.0. The van der Waals surface area contributed by atoms with Crippen LogP contribution in [0.1, 0.15) is 41.3 Å². The Balaban J connectivity index is 2.11. The summed E-state index contributed by atoms with van der Waals surface area (Å²) in [4.78, 5) is 16.2. The highest BCUT2D eigenvalue weighted by Crippen LogP contribution is 2.21. The molecule has 0 fully saturated rings. The molecular formula is C18H23N3O. The van der Waals surface area contributed by atoms with Crippen molar-refractivity contribution in [3.8, 4) is 0 Å². The summed E-state index contributed by atoms with van der Waals surface area (Å²) in [5.41, 5.74) is 4.77. The van der Waals surface area contributed by atoms with Crippen molar-refractivity contribution < 1.29 is 4.79 Å². The first-order valence-corrected chi connectivity index (χ1v) is 7.67. The molecule has 0 atom stereocenters. The number of amides is 1. The van der Waals surface area contributed by atoms with Gasteiger partial charge in [-0.3, -0.25) is 9.78 Å². The molecule has 2 rings (SSSR count). The van der Waals surface area contributed by atoms with Gasteiger partial charge in [0.05, 0.1) is 17.4 Å². The highest BCUT2D eigenvalue weighted by Gasteiger charge is 2.07. The largest absolute Gasteiger partial charge is 0.354 e. The number of nitrogens with zero attached hydrogens (tertiary/aromatic N) is 1. The molecule has 1 amide bonds. The van der Waals surface area contributed by atoms with Crippen molar-refractivity contribution in [2.45, 2.75) is 33.6 Å². The van der Waals surface area contributed by atoms with Crippen LogP contribution in [-0.2, 0) is 0 Å². The summed E-state index contributed by atoms with van der Waals surface area (Å²) in [6.07, 6.45) is 5.37. The summed E-state index contributed by atoms with van der Waals surface area (Å²) >= 11 is 0. The van der Waals surface area contributed by atoms with E-state index in [1.165, 1.54) is 5.56 Å². The highest BCUT2D eigenvalue weighted by atomic mass is 16.1. The quantitative estimate of drug-likeness (QED) is 0.793. The van der Waals surface area contributed by atoms with Crippen molar-refractivity contribution in [1.82, 2.24) is 10.3 Å². The second-order valence-corrected chi connectivity index (χ2v) is 5.52. The van der Waals surface area contributed by atoms with Crippen molar-refractivity contribution in [2.75, 3.05) is 11.9 Å². The first-order chi connectivity index (χ1) is 10.6. The number of aryl methyl sites for hydroxylation is 2. The number of carbonyl (C=O) groups is 1. The van der Waals surface area contributed by atoms with Gasteiger partial charge in [0.1, 0.15) is 0 Å². The molecule has 4 heteroatoms. The SMILES string of the molecule is CCCCNC(=O)c1cncc(Nc2cc(C)ccc2C)c1. The van der Waals surface area contributed by atoms with Crippen molar-refractivity contribution in [3.05, 3.63) is 53.3 Å². The lowest BCUT2D eigenvalue weighted by Gasteiger charge is -2.11. The molecule has 0 aliphatic rings. The van der Waals surface area contributed by atoms with E-state index in [2.05, 4.69) is 54.6 Å². The second-order valence-electron chi connectivity index (χ2n) is 5.52. The molecule has 0 aliphatic carbocycles. The molecule has 1 aromatic carbocycles. The lowest BCUT2D eigenvalue weighted by Crippen LogP contribution is -2.24. The van der Waals surface area contributed by atoms with Gasteiger partial charge in [-0.05, 0) is 43.5 Å². The van der Waals surface area contributed by atoms with E-state index < -0.39 is 0 Å². The van der Waals surface area contributed by atoms with Gasteiger partial charge in [0, 0.05) is 18.4 Å². The van der Waals surface area contributed by atoms with Crippen LogP contribution in [0.3, 0.4) is 0 Å². The number of aromatic nitrogens is 1. The number of hydrogen-bond donors (Lipinski definition) is 2. The number of anilines is 2. The van der Waals surface area contributed by atoms with Crippen LogP contribution in [0, 0.1) is 13.8 Å². The minimum atomic E-state index is -0.0782. The van der Waals surface area contributed by atoms with Crippen molar-refractivity contribution in [2.24, 2.45) is 0 Å². The molecule has 0 bridgehead atoms. The van der Waals surface area contributed by atoms with Gasteiger partial charge in [0.25, 0.3) is 5.91 Å². The second kappa shape index (κ2) is 7.59. The van der Waals surface area contributed by atoms with E-state index in [4.69, 9.17) is 0 Å². The topological polar surface area (TPSA) is 54.0 Å². The molecule has 0 spiro atoms.